The number of hydrogen-bond acceptors (Lipinski definition) is 3. The second kappa shape index (κ2) is 2.87. The molecule has 14 heavy (non-hydrogen) atoms. The highest BCUT2D eigenvalue weighted by atomic mass is 16.2. The van der Waals surface area contributed by atoms with Crippen LogP contribution in [0.2, 0.25) is 0 Å². The molecular formula is C9H11N3O2. The van der Waals surface area contributed by atoms with Crippen molar-refractivity contribution >= 4 is 5.82 Å². The Bertz CT molecular complexity index is 522. The predicted octanol–water partition coefficient (Wildman–Crippen LogP) is -0.434. The molecule has 0 unspecified atom stereocenters. The van der Waals surface area contributed by atoms with E-state index in [0.29, 0.717) is 17.8 Å². The first-order chi connectivity index (χ1) is 6.63. The van der Waals surface area contributed by atoms with Crippen LogP contribution >= 0.6 is 0 Å². The maximum atomic E-state index is 11.7. The maximum Gasteiger partial charge on any atom is 0.332 e. The molecule has 0 bridgehead atoms. The summed E-state index contributed by atoms with van der Waals surface area (Å²) in [7, 11) is 3.13. The van der Waals surface area contributed by atoms with E-state index in [-0.39, 0.29) is 11.2 Å². The molecular weight excluding hydrogens is 182 g/mol. The van der Waals surface area contributed by atoms with Crippen LogP contribution in [0.5, 0.6) is 0 Å². The Hall–Kier alpha value is -1.78. The van der Waals surface area contributed by atoms with Crippen LogP contribution in [0.15, 0.2) is 21.9 Å². The van der Waals surface area contributed by atoms with Crippen LogP contribution < -0.4 is 16.6 Å². The number of anilines is 1. The number of allylic oxidation sites excluding steroid dienone is 1. The Kier molecular flexibility index (Phi) is 1.80. The lowest BCUT2D eigenvalue weighted by Crippen LogP contribution is -2.40. The number of aromatic nitrogens is 2. The van der Waals surface area contributed by atoms with E-state index in [9.17, 15) is 9.59 Å². The van der Waals surface area contributed by atoms with Gasteiger partial charge < -0.3 is 5.32 Å². The van der Waals surface area contributed by atoms with Gasteiger partial charge in [-0.3, -0.25) is 13.9 Å². The molecule has 0 aliphatic carbocycles. The van der Waals surface area contributed by atoms with Gasteiger partial charge in [0.1, 0.15) is 5.82 Å². The van der Waals surface area contributed by atoms with Gasteiger partial charge in [-0.05, 0) is 6.20 Å². The van der Waals surface area contributed by atoms with E-state index in [1.807, 2.05) is 6.08 Å². The Morgan fingerprint density at radius 2 is 2.00 bits per heavy atom. The van der Waals surface area contributed by atoms with Crippen LogP contribution in [-0.4, -0.2) is 9.13 Å². The number of rotatable bonds is 0. The molecule has 0 spiro atoms. The zero-order valence-electron chi connectivity index (χ0n) is 8.07. The summed E-state index contributed by atoms with van der Waals surface area (Å²) in [6.07, 6.45) is 4.17. The van der Waals surface area contributed by atoms with Crippen molar-refractivity contribution in [3.8, 4) is 0 Å². The van der Waals surface area contributed by atoms with E-state index in [1.165, 1.54) is 11.6 Å². The van der Waals surface area contributed by atoms with Crippen LogP contribution in [-0.2, 0) is 20.5 Å². The Balaban J connectivity index is 2.88. The van der Waals surface area contributed by atoms with Gasteiger partial charge in [-0.25, -0.2) is 4.79 Å². The lowest BCUT2D eigenvalue weighted by atomic mass is 10.2. The molecule has 5 nitrogen and oxygen atoms in total. The van der Waals surface area contributed by atoms with Gasteiger partial charge in [0, 0.05) is 20.5 Å². The summed E-state index contributed by atoms with van der Waals surface area (Å²) in [6, 6.07) is 0. The van der Waals surface area contributed by atoms with Crippen LogP contribution in [0.3, 0.4) is 0 Å². The molecule has 74 valence electrons. The van der Waals surface area contributed by atoms with Crippen LogP contribution in [0, 0.1) is 0 Å². The first kappa shape index (κ1) is 8.80. The molecule has 1 aliphatic heterocycles. The quantitative estimate of drug-likeness (QED) is 0.608. The van der Waals surface area contributed by atoms with Crippen molar-refractivity contribution in [1.29, 1.82) is 0 Å². The van der Waals surface area contributed by atoms with Crippen molar-refractivity contribution in [3.05, 3.63) is 38.7 Å². The fourth-order valence-corrected chi connectivity index (χ4v) is 1.60. The molecule has 1 aromatic rings. The lowest BCUT2D eigenvalue weighted by Gasteiger charge is -2.16. The highest BCUT2D eigenvalue weighted by molar-refractivity contribution is 5.49. The van der Waals surface area contributed by atoms with Crippen LogP contribution in [0.1, 0.15) is 5.56 Å². The topological polar surface area (TPSA) is 56.0 Å². The predicted molar refractivity (Wildman–Crippen MR) is 53.4 cm³/mol. The lowest BCUT2D eigenvalue weighted by molar-refractivity contribution is 0.678. The second-order valence-corrected chi connectivity index (χ2v) is 3.28. The third-order valence-corrected chi connectivity index (χ3v) is 2.42. The molecule has 0 radical (unpaired) electrons. The van der Waals surface area contributed by atoms with E-state index in [4.69, 9.17) is 0 Å². The normalized spacial score (nSPS) is 13.6. The highest BCUT2D eigenvalue weighted by Crippen LogP contribution is 2.13. The summed E-state index contributed by atoms with van der Waals surface area (Å²) in [6.45, 7) is 0. The molecule has 0 amide bonds. The van der Waals surface area contributed by atoms with Gasteiger partial charge in [-0.2, -0.15) is 0 Å². The average Bonchev–Trinajstić information content (AvgIpc) is 2.23. The minimum atomic E-state index is -0.309. The van der Waals surface area contributed by atoms with E-state index >= 15 is 0 Å². The zero-order chi connectivity index (χ0) is 10.3. The molecule has 2 heterocycles. The van der Waals surface area contributed by atoms with Gasteiger partial charge in [-0.15, -0.1) is 0 Å². The van der Waals surface area contributed by atoms with Gasteiger partial charge in [0.05, 0.1) is 5.56 Å². The molecule has 5 heteroatoms. The Labute approximate surface area is 80.3 Å². The molecule has 1 aliphatic rings. The van der Waals surface area contributed by atoms with Gasteiger partial charge >= 0.3 is 5.69 Å². The van der Waals surface area contributed by atoms with Crippen molar-refractivity contribution in [3.63, 3.8) is 0 Å². The fourth-order valence-electron chi connectivity index (χ4n) is 1.60. The monoisotopic (exact) mass is 193 g/mol. The van der Waals surface area contributed by atoms with E-state index in [0.717, 1.165) is 4.57 Å². The number of nitrogens with zero attached hydrogens (tertiary/aromatic N) is 2. The minimum Gasteiger partial charge on any atom is -0.348 e. The highest BCUT2D eigenvalue weighted by Gasteiger charge is 2.15. The summed E-state index contributed by atoms with van der Waals surface area (Å²) >= 11 is 0. The number of fused-ring (bicyclic) bond motifs is 1. The molecule has 0 saturated heterocycles. The summed E-state index contributed by atoms with van der Waals surface area (Å²) in [5.74, 6) is 0.598. The van der Waals surface area contributed by atoms with E-state index < -0.39 is 0 Å². The first-order valence-corrected chi connectivity index (χ1v) is 4.33. The molecule has 1 aromatic heterocycles. The zero-order valence-corrected chi connectivity index (χ0v) is 8.07. The molecule has 0 fully saturated rings. The van der Waals surface area contributed by atoms with Gasteiger partial charge in [0.25, 0.3) is 5.56 Å². The molecule has 0 aromatic carbocycles. The van der Waals surface area contributed by atoms with Crippen molar-refractivity contribution in [2.24, 2.45) is 14.1 Å². The average molecular weight is 193 g/mol. The molecule has 2 rings (SSSR count). The fraction of sp³-hybridized carbons (Fsp3) is 0.333. The third kappa shape index (κ3) is 1.02. The Morgan fingerprint density at radius 1 is 1.29 bits per heavy atom. The summed E-state index contributed by atoms with van der Waals surface area (Å²) < 4.78 is 2.57. The van der Waals surface area contributed by atoms with Crippen molar-refractivity contribution in [2.45, 2.75) is 6.42 Å². The molecule has 0 saturated carbocycles. The first-order valence-electron chi connectivity index (χ1n) is 4.33. The number of hydrogen-bond donors (Lipinski definition) is 1. The van der Waals surface area contributed by atoms with Crippen LogP contribution in [0.25, 0.3) is 0 Å². The van der Waals surface area contributed by atoms with Gasteiger partial charge in [0.15, 0.2) is 0 Å². The van der Waals surface area contributed by atoms with Crippen molar-refractivity contribution in [1.82, 2.24) is 9.13 Å². The SMILES string of the molecule is Cn1c2c(c(=O)n(C)c1=O)CC=CN2. The Morgan fingerprint density at radius 3 is 2.71 bits per heavy atom. The number of nitrogens with one attached hydrogen (secondary N) is 1. The second-order valence-electron chi connectivity index (χ2n) is 3.28. The largest absolute Gasteiger partial charge is 0.348 e. The van der Waals surface area contributed by atoms with Crippen LogP contribution in [0.4, 0.5) is 5.82 Å². The van der Waals surface area contributed by atoms with E-state index in [2.05, 4.69) is 5.32 Å². The summed E-state index contributed by atoms with van der Waals surface area (Å²) in [4.78, 5) is 23.2. The van der Waals surface area contributed by atoms with Gasteiger partial charge in [-0.1, -0.05) is 6.08 Å². The van der Waals surface area contributed by atoms with Crippen molar-refractivity contribution < 1.29 is 0 Å². The standard InChI is InChI=1S/C9H11N3O2/c1-11-7-6(4-3-5-10-7)8(13)12(2)9(11)14/h3,5,10H,4H2,1-2H3. The molecule has 1 N–H and O–H groups in total. The summed E-state index contributed by atoms with van der Waals surface area (Å²) in [5.41, 5.74) is 0.105. The third-order valence-electron chi connectivity index (χ3n) is 2.42. The van der Waals surface area contributed by atoms with Crippen molar-refractivity contribution in [2.75, 3.05) is 5.32 Å². The minimum absolute atomic E-state index is 0.222. The maximum absolute atomic E-state index is 11.7. The summed E-state index contributed by atoms with van der Waals surface area (Å²) in [5, 5.41) is 2.91. The van der Waals surface area contributed by atoms with Gasteiger partial charge in [0.2, 0.25) is 0 Å². The molecule has 0 atom stereocenters. The van der Waals surface area contributed by atoms with E-state index in [1.54, 1.807) is 13.2 Å². The smallest absolute Gasteiger partial charge is 0.332 e.